The lowest BCUT2D eigenvalue weighted by molar-refractivity contribution is -0.127. The van der Waals surface area contributed by atoms with E-state index in [4.69, 9.17) is 4.74 Å². The molecule has 0 rings (SSSR count). The normalized spacial score (nSPS) is 12.2. The SMILES string of the molecule is C=C(C)CNC(=NCC(=O)N(C)C)NC(C)COC.I. The van der Waals surface area contributed by atoms with Crippen LogP contribution in [-0.2, 0) is 9.53 Å². The molecule has 0 aliphatic rings. The second-order valence-corrected chi connectivity index (χ2v) is 4.76. The average Bonchev–Trinajstić information content (AvgIpc) is 2.32. The number of hydrogen-bond acceptors (Lipinski definition) is 3. The monoisotopic (exact) mass is 398 g/mol. The smallest absolute Gasteiger partial charge is 0.243 e. The van der Waals surface area contributed by atoms with E-state index in [9.17, 15) is 4.79 Å². The minimum atomic E-state index is -0.0455. The minimum Gasteiger partial charge on any atom is -0.383 e. The molecule has 0 aromatic heterocycles. The van der Waals surface area contributed by atoms with Crippen LogP contribution in [0.4, 0.5) is 0 Å². The van der Waals surface area contributed by atoms with E-state index in [1.807, 2.05) is 13.8 Å². The van der Waals surface area contributed by atoms with Gasteiger partial charge >= 0.3 is 0 Å². The molecule has 7 heteroatoms. The van der Waals surface area contributed by atoms with E-state index in [2.05, 4.69) is 22.2 Å². The third-order valence-corrected chi connectivity index (χ3v) is 2.23. The van der Waals surface area contributed by atoms with E-state index in [1.165, 1.54) is 4.90 Å². The highest BCUT2D eigenvalue weighted by atomic mass is 127. The summed E-state index contributed by atoms with van der Waals surface area (Å²) in [6, 6.07) is 0.107. The van der Waals surface area contributed by atoms with E-state index in [1.54, 1.807) is 21.2 Å². The Labute approximate surface area is 139 Å². The van der Waals surface area contributed by atoms with Gasteiger partial charge in [-0.2, -0.15) is 0 Å². The van der Waals surface area contributed by atoms with Crippen LogP contribution >= 0.6 is 24.0 Å². The van der Waals surface area contributed by atoms with Gasteiger partial charge in [0, 0.05) is 33.8 Å². The van der Waals surface area contributed by atoms with Crippen LogP contribution in [0.1, 0.15) is 13.8 Å². The van der Waals surface area contributed by atoms with Gasteiger partial charge in [-0.3, -0.25) is 4.79 Å². The van der Waals surface area contributed by atoms with E-state index in [0.717, 1.165) is 5.57 Å². The summed E-state index contributed by atoms with van der Waals surface area (Å²) in [4.78, 5) is 17.3. The molecule has 6 nitrogen and oxygen atoms in total. The van der Waals surface area contributed by atoms with Crippen LogP contribution in [0.3, 0.4) is 0 Å². The zero-order valence-electron chi connectivity index (χ0n) is 13.0. The van der Waals surface area contributed by atoms with Gasteiger partial charge in [-0.05, 0) is 13.8 Å². The molecule has 0 spiro atoms. The molecule has 0 bridgehead atoms. The summed E-state index contributed by atoms with van der Waals surface area (Å²) >= 11 is 0. The third kappa shape index (κ3) is 11.0. The molecular formula is C13H27IN4O2. The number of carbonyl (C=O) groups excluding carboxylic acids is 1. The first-order valence-corrected chi connectivity index (χ1v) is 6.25. The maximum Gasteiger partial charge on any atom is 0.243 e. The molecule has 0 aromatic carbocycles. The highest BCUT2D eigenvalue weighted by Crippen LogP contribution is 1.88. The predicted molar refractivity (Wildman–Crippen MR) is 93.7 cm³/mol. The molecule has 0 aliphatic carbocycles. The molecule has 20 heavy (non-hydrogen) atoms. The van der Waals surface area contributed by atoms with Gasteiger partial charge < -0.3 is 20.3 Å². The van der Waals surface area contributed by atoms with Crippen LogP contribution in [0.25, 0.3) is 0 Å². The molecule has 0 heterocycles. The summed E-state index contributed by atoms with van der Waals surface area (Å²) in [5.41, 5.74) is 0.993. The number of amides is 1. The summed E-state index contributed by atoms with van der Waals surface area (Å²) in [6.45, 7) is 9.01. The molecule has 0 saturated carbocycles. The van der Waals surface area contributed by atoms with Crippen molar-refractivity contribution in [2.75, 3.05) is 40.9 Å². The Morgan fingerprint density at radius 2 is 2.05 bits per heavy atom. The molecular weight excluding hydrogens is 371 g/mol. The highest BCUT2D eigenvalue weighted by molar-refractivity contribution is 14.0. The summed E-state index contributed by atoms with van der Waals surface area (Å²) in [5, 5.41) is 6.29. The fraction of sp³-hybridized carbons (Fsp3) is 0.692. The molecule has 0 aliphatic heterocycles. The largest absolute Gasteiger partial charge is 0.383 e. The number of likely N-dealkylation sites (N-methyl/N-ethyl adjacent to an activating group) is 1. The maximum absolute atomic E-state index is 11.5. The van der Waals surface area contributed by atoms with Gasteiger partial charge in [-0.15, -0.1) is 24.0 Å². The van der Waals surface area contributed by atoms with Crippen molar-refractivity contribution in [3.8, 4) is 0 Å². The van der Waals surface area contributed by atoms with Gasteiger partial charge in [-0.25, -0.2) is 4.99 Å². The Kier molecular flexibility index (Phi) is 12.8. The van der Waals surface area contributed by atoms with Crippen molar-refractivity contribution in [2.45, 2.75) is 19.9 Å². The van der Waals surface area contributed by atoms with Gasteiger partial charge in [0.05, 0.1) is 6.61 Å². The fourth-order valence-corrected chi connectivity index (χ4v) is 1.20. The van der Waals surface area contributed by atoms with E-state index in [-0.39, 0.29) is 42.5 Å². The number of methoxy groups -OCH3 is 1. The van der Waals surface area contributed by atoms with Crippen molar-refractivity contribution in [1.82, 2.24) is 15.5 Å². The number of rotatable bonds is 7. The minimum absolute atomic E-state index is 0. The van der Waals surface area contributed by atoms with Crippen molar-refractivity contribution in [3.63, 3.8) is 0 Å². The molecule has 1 atom stereocenters. The second-order valence-electron chi connectivity index (χ2n) is 4.76. The molecule has 0 fully saturated rings. The van der Waals surface area contributed by atoms with Crippen LogP contribution in [-0.4, -0.2) is 63.7 Å². The van der Waals surface area contributed by atoms with Crippen LogP contribution in [0.15, 0.2) is 17.1 Å². The van der Waals surface area contributed by atoms with Gasteiger partial charge in [-0.1, -0.05) is 12.2 Å². The lowest BCUT2D eigenvalue weighted by Gasteiger charge is -2.18. The number of guanidine groups is 1. The van der Waals surface area contributed by atoms with Crippen molar-refractivity contribution < 1.29 is 9.53 Å². The number of nitrogens with zero attached hydrogens (tertiary/aromatic N) is 2. The van der Waals surface area contributed by atoms with E-state index >= 15 is 0 Å². The lowest BCUT2D eigenvalue weighted by Crippen LogP contribution is -2.45. The van der Waals surface area contributed by atoms with E-state index in [0.29, 0.717) is 19.1 Å². The van der Waals surface area contributed by atoms with Gasteiger partial charge in [0.2, 0.25) is 5.91 Å². The molecule has 1 amide bonds. The Morgan fingerprint density at radius 3 is 2.50 bits per heavy atom. The van der Waals surface area contributed by atoms with Crippen LogP contribution in [0.2, 0.25) is 0 Å². The van der Waals surface area contributed by atoms with Crippen molar-refractivity contribution in [1.29, 1.82) is 0 Å². The standard InChI is InChI=1S/C13H26N4O2.HI/c1-10(2)7-14-13(16-11(3)9-19-6)15-8-12(18)17(4)5;/h11H,1,7-9H2,2-6H3,(H2,14,15,16);1H. The zero-order valence-corrected chi connectivity index (χ0v) is 15.4. The first-order chi connectivity index (χ1) is 8.86. The van der Waals surface area contributed by atoms with Gasteiger partial charge in [0.1, 0.15) is 6.54 Å². The molecule has 118 valence electrons. The van der Waals surface area contributed by atoms with Crippen LogP contribution in [0.5, 0.6) is 0 Å². The number of nitrogens with one attached hydrogen (secondary N) is 2. The Hall–Kier alpha value is -0.830. The first-order valence-electron chi connectivity index (χ1n) is 6.25. The summed E-state index contributed by atoms with van der Waals surface area (Å²) in [5.74, 6) is 0.540. The number of ether oxygens (including phenoxy) is 1. The highest BCUT2D eigenvalue weighted by Gasteiger charge is 2.07. The van der Waals surface area contributed by atoms with Gasteiger partial charge in [0.15, 0.2) is 5.96 Å². The third-order valence-electron chi connectivity index (χ3n) is 2.23. The van der Waals surface area contributed by atoms with Gasteiger partial charge in [0.25, 0.3) is 0 Å². The number of carbonyl (C=O) groups is 1. The Balaban J connectivity index is 0. The Morgan fingerprint density at radius 1 is 1.45 bits per heavy atom. The van der Waals surface area contributed by atoms with Crippen LogP contribution in [0, 0.1) is 0 Å². The Bertz CT molecular complexity index is 332. The topological polar surface area (TPSA) is 66.0 Å². The predicted octanol–water partition coefficient (Wildman–Crippen LogP) is 0.839. The maximum atomic E-state index is 11.5. The number of halogens is 1. The molecule has 0 radical (unpaired) electrons. The fourth-order valence-electron chi connectivity index (χ4n) is 1.20. The summed E-state index contributed by atoms with van der Waals surface area (Å²) < 4.78 is 5.06. The average molecular weight is 398 g/mol. The number of aliphatic imine (C=N–C) groups is 1. The van der Waals surface area contributed by atoms with Crippen molar-refractivity contribution >= 4 is 35.8 Å². The first kappa shape index (κ1) is 21.5. The van der Waals surface area contributed by atoms with Crippen LogP contribution < -0.4 is 10.6 Å². The van der Waals surface area contributed by atoms with Crippen molar-refractivity contribution in [2.24, 2.45) is 4.99 Å². The van der Waals surface area contributed by atoms with Crippen molar-refractivity contribution in [3.05, 3.63) is 12.2 Å². The second kappa shape index (κ2) is 12.0. The molecule has 0 aromatic rings. The molecule has 0 saturated heterocycles. The summed E-state index contributed by atoms with van der Waals surface area (Å²) in [7, 11) is 5.06. The number of hydrogen-bond donors (Lipinski definition) is 2. The quantitative estimate of drug-likeness (QED) is 0.289. The lowest BCUT2D eigenvalue weighted by atomic mass is 10.3. The zero-order chi connectivity index (χ0) is 14.8. The summed E-state index contributed by atoms with van der Waals surface area (Å²) in [6.07, 6.45) is 0. The molecule has 1 unspecified atom stereocenters. The molecule has 2 N–H and O–H groups in total. The van der Waals surface area contributed by atoms with E-state index < -0.39 is 0 Å².